The van der Waals surface area contributed by atoms with E-state index in [1.807, 2.05) is 24.3 Å². The van der Waals surface area contributed by atoms with Gasteiger partial charge in [0.25, 0.3) is 0 Å². The van der Waals surface area contributed by atoms with Crippen molar-refractivity contribution in [2.24, 2.45) is 16.3 Å². The van der Waals surface area contributed by atoms with Crippen molar-refractivity contribution in [1.82, 2.24) is 9.80 Å². The summed E-state index contributed by atoms with van der Waals surface area (Å²) in [5.74, 6) is 1.24. The van der Waals surface area contributed by atoms with Gasteiger partial charge in [-0.05, 0) is 62.7 Å². The SMILES string of the molecule is CCCCC(CC1=Nc2ccccc2CN1c1cccc(Cl)c1)C(=O)N1CCC2(CCN(C)C2)C1. The van der Waals surface area contributed by atoms with Gasteiger partial charge in [0.05, 0.1) is 12.2 Å². The van der Waals surface area contributed by atoms with E-state index in [1.54, 1.807) is 0 Å². The van der Waals surface area contributed by atoms with Gasteiger partial charge in [0.2, 0.25) is 5.91 Å². The van der Waals surface area contributed by atoms with E-state index in [0.717, 1.165) is 75.6 Å². The van der Waals surface area contributed by atoms with Crippen LogP contribution in [0.1, 0.15) is 51.0 Å². The van der Waals surface area contributed by atoms with Gasteiger partial charge in [-0.25, -0.2) is 4.99 Å². The predicted molar refractivity (Wildman–Crippen MR) is 145 cm³/mol. The first-order valence-corrected chi connectivity index (χ1v) is 13.5. The molecule has 5 rings (SSSR count). The van der Waals surface area contributed by atoms with Gasteiger partial charge in [-0.3, -0.25) is 4.79 Å². The summed E-state index contributed by atoms with van der Waals surface area (Å²) in [6, 6.07) is 16.3. The van der Waals surface area contributed by atoms with Crippen LogP contribution < -0.4 is 4.90 Å². The van der Waals surface area contributed by atoms with E-state index in [9.17, 15) is 4.79 Å². The van der Waals surface area contributed by atoms with Crippen molar-refractivity contribution in [3.8, 4) is 0 Å². The van der Waals surface area contributed by atoms with Crippen LogP contribution in [0.15, 0.2) is 53.5 Å². The van der Waals surface area contributed by atoms with Crippen LogP contribution >= 0.6 is 11.6 Å². The number of amidine groups is 1. The first-order chi connectivity index (χ1) is 17.0. The highest BCUT2D eigenvalue weighted by Crippen LogP contribution is 2.40. The summed E-state index contributed by atoms with van der Waals surface area (Å²) in [7, 11) is 2.20. The molecule has 0 bridgehead atoms. The van der Waals surface area contributed by atoms with E-state index < -0.39 is 0 Å². The van der Waals surface area contributed by atoms with Crippen molar-refractivity contribution < 1.29 is 4.79 Å². The van der Waals surface area contributed by atoms with E-state index in [2.05, 4.69) is 52.9 Å². The van der Waals surface area contributed by atoms with Crippen LogP contribution in [0.25, 0.3) is 0 Å². The van der Waals surface area contributed by atoms with Crippen molar-refractivity contribution in [3.05, 3.63) is 59.1 Å². The Hall–Kier alpha value is -2.37. The number of nitrogens with zero attached hydrogens (tertiary/aromatic N) is 4. The third-order valence-corrected chi connectivity index (χ3v) is 8.30. The van der Waals surface area contributed by atoms with Gasteiger partial charge in [-0.2, -0.15) is 0 Å². The lowest BCUT2D eigenvalue weighted by Gasteiger charge is -2.33. The molecule has 35 heavy (non-hydrogen) atoms. The van der Waals surface area contributed by atoms with E-state index in [0.29, 0.717) is 22.8 Å². The zero-order valence-corrected chi connectivity index (χ0v) is 21.8. The molecule has 0 saturated carbocycles. The molecule has 2 atom stereocenters. The standard InChI is InChI=1S/C29H37ClN4O/c1-3-4-8-22(28(35)33-16-14-29(21-33)13-15-32(2)20-29)17-27-31-26-12-6-5-9-23(26)19-34(27)25-11-7-10-24(30)18-25/h5-7,9-12,18,22H,3-4,8,13-17,19-21H2,1-2H3. The molecule has 0 aromatic heterocycles. The second-order valence-electron chi connectivity index (χ2n) is 10.8. The molecule has 3 aliphatic heterocycles. The molecule has 0 radical (unpaired) electrons. The van der Waals surface area contributed by atoms with Gasteiger partial charge in [0.1, 0.15) is 5.84 Å². The number of anilines is 1. The molecule has 2 fully saturated rings. The fourth-order valence-electron chi connectivity index (χ4n) is 6.11. The van der Waals surface area contributed by atoms with Crippen molar-refractivity contribution in [2.45, 2.75) is 52.0 Å². The third kappa shape index (κ3) is 5.26. The number of rotatable bonds is 7. The minimum Gasteiger partial charge on any atom is -0.342 e. The zero-order valence-electron chi connectivity index (χ0n) is 21.0. The molecule has 2 aromatic carbocycles. The molecule has 186 valence electrons. The van der Waals surface area contributed by atoms with Gasteiger partial charge >= 0.3 is 0 Å². The van der Waals surface area contributed by atoms with Crippen LogP contribution in [0.3, 0.4) is 0 Å². The van der Waals surface area contributed by atoms with Gasteiger partial charge in [-0.1, -0.05) is 55.6 Å². The van der Waals surface area contributed by atoms with Gasteiger partial charge in [-0.15, -0.1) is 0 Å². The highest BCUT2D eigenvalue weighted by molar-refractivity contribution is 6.31. The number of unbranched alkanes of at least 4 members (excludes halogenated alkanes) is 1. The summed E-state index contributed by atoms with van der Waals surface area (Å²) >= 11 is 6.36. The summed E-state index contributed by atoms with van der Waals surface area (Å²) in [6.45, 7) is 7.00. The monoisotopic (exact) mass is 492 g/mol. The lowest BCUT2D eigenvalue weighted by Crippen LogP contribution is -2.40. The molecular formula is C29H37ClN4O. The average Bonchev–Trinajstić information content (AvgIpc) is 3.45. The third-order valence-electron chi connectivity index (χ3n) is 8.06. The highest BCUT2D eigenvalue weighted by atomic mass is 35.5. The molecule has 0 aliphatic carbocycles. The lowest BCUT2D eigenvalue weighted by atomic mass is 9.86. The Morgan fingerprint density at radius 1 is 1.11 bits per heavy atom. The maximum atomic E-state index is 13.9. The Morgan fingerprint density at radius 3 is 2.71 bits per heavy atom. The highest BCUT2D eigenvalue weighted by Gasteiger charge is 2.44. The van der Waals surface area contributed by atoms with Gasteiger partial charge in [0, 0.05) is 48.1 Å². The maximum Gasteiger partial charge on any atom is 0.226 e. The smallest absolute Gasteiger partial charge is 0.226 e. The van der Waals surface area contributed by atoms with Gasteiger partial charge < -0.3 is 14.7 Å². The number of halogens is 1. The molecule has 1 amide bonds. The number of carbonyl (C=O) groups is 1. The average molecular weight is 493 g/mol. The van der Waals surface area contributed by atoms with Crippen LogP contribution in [0, 0.1) is 11.3 Å². The lowest BCUT2D eigenvalue weighted by molar-refractivity contribution is -0.134. The molecule has 2 aromatic rings. The van der Waals surface area contributed by atoms with Crippen molar-refractivity contribution in [1.29, 1.82) is 0 Å². The molecule has 3 aliphatic rings. The number of carbonyl (C=O) groups excluding carboxylic acids is 1. The Balaban J connectivity index is 1.41. The minimum atomic E-state index is -0.0464. The first-order valence-electron chi connectivity index (χ1n) is 13.1. The Labute approximate surface area is 214 Å². The second-order valence-corrected chi connectivity index (χ2v) is 11.2. The zero-order chi connectivity index (χ0) is 24.4. The largest absolute Gasteiger partial charge is 0.342 e. The van der Waals surface area contributed by atoms with Crippen LogP contribution in [-0.2, 0) is 11.3 Å². The molecule has 2 unspecified atom stereocenters. The maximum absolute atomic E-state index is 13.9. The summed E-state index contributed by atoms with van der Waals surface area (Å²) in [4.78, 5) is 25.8. The number of aliphatic imine (C=N–C) groups is 1. The van der Waals surface area contributed by atoms with Crippen molar-refractivity contribution in [2.75, 3.05) is 38.1 Å². The number of amides is 1. The number of fused-ring (bicyclic) bond motifs is 1. The van der Waals surface area contributed by atoms with Crippen molar-refractivity contribution in [3.63, 3.8) is 0 Å². The normalized spacial score (nSPS) is 23.0. The Kier molecular flexibility index (Phi) is 7.17. The molecule has 3 heterocycles. The minimum absolute atomic E-state index is 0.0464. The molecule has 0 N–H and O–H groups in total. The number of benzene rings is 2. The summed E-state index contributed by atoms with van der Waals surface area (Å²) in [5.41, 5.74) is 3.53. The van der Waals surface area contributed by atoms with Crippen LogP contribution in [0.5, 0.6) is 0 Å². The second kappa shape index (κ2) is 10.3. The van der Waals surface area contributed by atoms with E-state index in [4.69, 9.17) is 16.6 Å². The van der Waals surface area contributed by atoms with E-state index >= 15 is 0 Å². The number of likely N-dealkylation sites (tertiary alicyclic amines) is 2. The fraction of sp³-hybridized carbons (Fsp3) is 0.517. The molecule has 5 nitrogen and oxygen atoms in total. The molecule has 2 saturated heterocycles. The van der Waals surface area contributed by atoms with Gasteiger partial charge in [0.15, 0.2) is 0 Å². The molecular weight excluding hydrogens is 456 g/mol. The van der Waals surface area contributed by atoms with Crippen LogP contribution in [0.4, 0.5) is 11.4 Å². The van der Waals surface area contributed by atoms with E-state index in [-0.39, 0.29) is 5.92 Å². The van der Waals surface area contributed by atoms with E-state index in [1.165, 1.54) is 12.0 Å². The first kappa shape index (κ1) is 24.3. The molecule has 1 spiro atoms. The topological polar surface area (TPSA) is 39.2 Å². The Bertz CT molecular complexity index is 1100. The predicted octanol–water partition coefficient (Wildman–Crippen LogP) is 6.14. The van der Waals surface area contributed by atoms with Crippen LogP contribution in [-0.4, -0.2) is 54.8 Å². The summed E-state index contributed by atoms with van der Waals surface area (Å²) in [5, 5.41) is 0.711. The quantitative estimate of drug-likeness (QED) is 0.466. The number of para-hydroxylation sites is 1. The summed E-state index contributed by atoms with van der Waals surface area (Å²) < 4.78 is 0. The van der Waals surface area contributed by atoms with Crippen molar-refractivity contribution >= 4 is 34.7 Å². The molecule has 6 heteroatoms. The summed E-state index contributed by atoms with van der Waals surface area (Å²) in [6.07, 6.45) is 6.04. The number of hydrogen-bond acceptors (Lipinski definition) is 4. The Morgan fingerprint density at radius 2 is 1.94 bits per heavy atom. The number of hydrogen-bond donors (Lipinski definition) is 0. The fourth-order valence-corrected chi connectivity index (χ4v) is 6.30. The van der Waals surface area contributed by atoms with Crippen LogP contribution in [0.2, 0.25) is 5.02 Å².